The highest BCUT2D eigenvalue weighted by Crippen LogP contribution is 2.34. The third-order valence-electron chi connectivity index (χ3n) is 5.64. The Labute approximate surface area is 207 Å². The van der Waals surface area contributed by atoms with Gasteiger partial charge in [-0.2, -0.15) is 13.2 Å². The van der Waals surface area contributed by atoms with Crippen LogP contribution in [0.1, 0.15) is 26.6 Å². The Balaban J connectivity index is 1.53. The van der Waals surface area contributed by atoms with E-state index in [4.69, 9.17) is 10.7 Å². The highest BCUT2D eigenvalue weighted by Gasteiger charge is 2.30. The lowest BCUT2D eigenvalue weighted by Gasteiger charge is -2.10. The van der Waals surface area contributed by atoms with E-state index in [2.05, 4.69) is 4.98 Å². The Kier molecular flexibility index (Phi) is 6.01. The van der Waals surface area contributed by atoms with E-state index < -0.39 is 17.6 Å². The van der Waals surface area contributed by atoms with Crippen LogP contribution in [-0.2, 0) is 12.6 Å². The molecule has 0 radical (unpaired) electrons. The molecule has 0 bridgehead atoms. The quantitative estimate of drug-likeness (QED) is 0.264. The van der Waals surface area contributed by atoms with Gasteiger partial charge in [-0.25, -0.2) is 14.4 Å². The number of hydrogen-bond acceptors (Lipinski definition) is 4. The van der Waals surface area contributed by atoms with Crippen molar-refractivity contribution in [3.05, 3.63) is 107 Å². The van der Waals surface area contributed by atoms with Gasteiger partial charge in [0.15, 0.2) is 5.69 Å². The molecule has 5 aromatic rings. The Bertz CT molecular complexity index is 1590. The molecular formula is C27H17F4N3OS. The van der Waals surface area contributed by atoms with E-state index in [0.29, 0.717) is 33.4 Å². The number of para-hydroxylation sites is 1. The molecule has 0 aliphatic carbocycles. The second kappa shape index (κ2) is 9.16. The summed E-state index contributed by atoms with van der Waals surface area (Å²) in [5.74, 6) is -1.11. The third-order valence-corrected chi connectivity index (χ3v) is 6.77. The summed E-state index contributed by atoms with van der Waals surface area (Å²) >= 11 is 1.37. The van der Waals surface area contributed by atoms with Crippen molar-refractivity contribution in [3.8, 4) is 21.6 Å². The fourth-order valence-corrected chi connectivity index (χ4v) is 4.96. The van der Waals surface area contributed by atoms with Crippen molar-refractivity contribution in [2.75, 3.05) is 0 Å². The van der Waals surface area contributed by atoms with Crippen LogP contribution in [0.3, 0.4) is 0 Å². The number of primary amides is 1. The number of carbonyl (C=O) groups is 1. The minimum absolute atomic E-state index is 0.0309. The number of alkyl halides is 3. The standard InChI is InChI=1S/C27H17F4N3OS/c28-18-4-1-3-16(13-18)20-5-2-6-21-24(20)34-22(25(33-21)26(32)35)14-19-11-12-23(36-19)15-7-9-17(10-8-15)27(29,30)31/h1-13H,14H2,(H2,32,35). The monoisotopic (exact) mass is 507 g/mol. The van der Waals surface area contributed by atoms with Crippen LogP contribution in [0.2, 0.25) is 0 Å². The van der Waals surface area contributed by atoms with Crippen molar-refractivity contribution in [1.29, 1.82) is 0 Å². The van der Waals surface area contributed by atoms with E-state index in [0.717, 1.165) is 21.9 Å². The summed E-state index contributed by atoms with van der Waals surface area (Å²) in [6.07, 6.45) is -4.16. The molecule has 1 amide bonds. The maximum Gasteiger partial charge on any atom is 0.416 e. The Morgan fingerprint density at radius 1 is 0.889 bits per heavy atom. The summed E-state index contributed by atoms with van der Waals surface area (Å²) in [5.41, 5.74) is 8.15. The number of aromatic nitrogens is 2. The minimum atomic E-state index is -4.40. The number of nitrogens with two attached hydrogens (primary N) is 1. The van der Waals surface area contributed by atoms with Gasteiger partial charge in [-0.3, -0.25) is 4.79 Å². The number of halogens is 4. The Hall–Kier alpha value is -4.11. The highest BCUT2D eigenvalue weighted by atomic mass is 32.1. The molecular weight excluding hydrogens is 490 g/mol. The molecule has 2 aromatic heterocycles. The van der Waals surface area contributed by atoms with Gasteiger partial charge in [0.1, 0.15) is 5.82 Å². The first-order valence-corrected chi connectivity index (χ1v) is 11.6. The largest absolute Gasteiger partial charge is 0.416 e. The van der Waals surface area contributed by atoms with E-state index in [9.17, 15) is 22.4 Å². The molecule has 0 fully saturated rings. The normalized spacial score (nSPS) is 11.7. The number of carbonyl (C=O) groups excluding carboxylic acids is 1. The van der Waals surface area contributed by atoms with E-state index >= 15 is 0 Å². The molecule has 0 saturated heterocycles. The number of thiophene rings is 1. The van der Waals surface area contributed by atoms with Crippen LogP contribution in [0.5, 0.6) is 0 Å². The second-order valence-corrected chi connectivity index (χ2v) is 9.25. The number of nitrogens with zero attached hydrogens (tertiary/aromatic N) is 2. The van der Waals surface area contributed by atoms with Gasteiger partial charge in [0.2, 0.25) is 0 Å². The van der Waals surface area contributed by atoms with Crippen LogP contribution < -0.4 is 5.73 Å². The molecule has 3 aromatic carbocycles. The summed E-state index contributed by atoms with van der Waals surface area (Å²) in [5, 5.41) is 0. The summed E-state index contributed by atoms with van der Waals surface area (Å²) in [4.78, 5) is 22.9. The summed E-state index contributed by atoms with van der Waals surface area (Å²) < 4.78 is 52.5. The maximum atomic E-state index is 13.9. The van der Waals surface area contributed by atoms with Crippen molar-refractivity contribution >= 4 is 28.3 Å². The first-order valence-electron chi connectivity index (χ1n) is 10.8. The van der Waals surface area contributed by atoms with Gasteiger partial charge in [-0.15, -0.1) is 11.3 Å². The molecule has 0 atom stereocenters. The van der Waals surface area contributed by atoms with Crippen LogP contribution in [0.4, 0.5) is 17.6 Å². The van der Waals surface area contributed by atoms with E-state index in [1.54, 1.807) is 36.4 Å². The number of benzene rings is 3. The SMILES string of the molecule is NC(=O)c1nc2cccc(-c3cccc(F)c3)c2nc1Cc1ccc(-c2ccc(C(F)(F)F)cc2)s1. The fourth-order valence-electron chi connectivity index (χ4n) is 3.94. The van der Waals surface area contributed by atoms with Gasteiger partial charge >= 0.3 is 6.18 Å². The molecule has 0 aliphatic heterocycles. The van der Waals surface area contributed by atoms with Gasteiger partial charge in [0.25, 0.3) is 5.91 Å². The van der Waals surface area contributed by atoms with Crippen molar-refractivity contribution in [3.63, 3.8) is 0 Å². The maximum absolute atomic E-state index is 13.9. The van der Waals surface area contributed by atoms with Gasteiger partial charge in [-0.05, 0) is 53.6 Å². The van der Waals surface area contributed by atoms with Crippen LogP contribution in [0, 0.1) is 5.82 Å². The highest BCUT2D eigenvalue weighted by molar-refractivity contribution is 7.15. The zero-order chi connectivity index (χ0) is 25.4. The lowest BCUT2D eigenvalue weighted by molar-refractivity contribution is -0.137. The Morgan fingerprint density at radius 3 is 2.33 bits per heavy atom. The molecule has 0 spiro atoms. The molecule has 36 heavy (non-hydrogen) atoms. The molecule has 0 saturated carbocycles. The molecule has 9 heteroatoms. The average Bonchev–Trinajstić information content (AvgIpc) is 3.31. The summed E-state index contributed by atoms with van der Waals surface area (Å²) in [6.45, 7) is 0. The predicted octanol–water partition coefficient (Wildman–Crippen LogP) is 6.87. The zero-order valence-electron chi connectivity index (χ0n) is 18.5. The lowest BCUT2D eigenvalue weighted by atomic mass is 10.0. The number of hydrogen-bond donors (Lipinski definition) is 1. The number of amides is 1. The molecule has 2 heterocycles. The topological polar surface area (TPSA) is 68.9 Å². The molecule has 0 unspecified atom stereocenters. The first-order chi connectivity index (χ1) is 17.2. The second-order valence-electron chi connectivity index (χ2n) is 8.08. The lowest BCUT2D eigenvalue weighted by Crippen LogP contribution is -2.17. The van der Waals surface area contributed by atoms with E-state index in [-0.39, 0.29) is 17.9 Å². The van der Waals surface area contributed by atoms with E-state index in [1.807, 2.05) is 6.07 Å². The predicted molar refractivity (Wildman–Crippen MR) is 131 cm³/mol. The molecule has 180 valence electrons. The molecule has 4 nitrogen and oxygen atoms in total. The molecule has 2 N–H and O–H groups in total. The van der Waals surface area contributed by atoms with Crippen LogP contribution in [-0.4, -0.2) is 15.9 Å². The van der Waals surface area contributed by atoms with E-state index in [1.165, 1.54) is 35.6 Å². The van der Waals surface area contributed by atoms with Crippen LogP contribution in [0.25, 0.3) is 32.6 Å². The summed E-state index contributed by atoms with van der Waals surface area (Å²) in [6, 6.07) is 19.9. The van der Waals surface area contributed by atoms with Crippen molar-refractivity contribution in [2.45, 2.75) is 12.6 Å². The van der Waals surface area contributed by atoms with Gasteiger partial charge in [-0.1, -0.05) is 36.4 Å². The van der Waals surface area contributed by atoms with Gasteiger partial charge in [0.05, 0.1) is 22.3 Å². The van der Waals surface area contributed by atoms with Crippen molar-refractivity contribution in [1.82, 2.24) is 9.97 Å². The van der Waals surface area contributed by atoms with Gasteiger partial charge in [0, 0.05) is 21.7 Å². The minimum Gasteiger partial charge on any atom is -0.364 e. The first kappa shape index (κ1) is 23.6. The fraction of sp³-hybridized carbons (Fsp3) is 0.0741. The molecule has 5 rings (SSSR count). The third kappa shape index (κ3) is 4.70. The number of fused-ring (bicyclic) bond motifs is 1. The smallest absolute Gasteiger partial charge is 0.364 e. The van der Waals surface area contributed by atoms with Gasteiger partial charge < -0.3 is 5.73 Å². The van der Waals surface area contributed by atoms with Crippen LogP contribution >= 0.6 is 11.3 Å². The zero-order valence-corrected chi connectivity index (χ0v) is 19.3. The van der Waals surface area contributed by atoms with Crippen LogP contribution in [0.15, 0.2) is 78.9 Å². The molecule has 0 aliphatic rings. The summed E-state index contributed by atoms with van der Waals surface area (Å²) in [7, 11) is 0. The Morgan fingerprint density at radius 2 is 1.64 bits per heavy atom. The van der Waals surface area contributed by atoms with Crippen molar-refractivity contribution < 1.29 is 22.4 Å². The number of rotatable bonds is 5. The van der Waals surface area contributed by atoms with Crippen molar-refractivity contribution in [2.24, 2.45) is 5.73 Å². The average molecular weight is 508 g/mol.